The number of benzene rings is 8. The first-order valence-corrected chi connectivity index (χ1v) is 39.8. The van der Waals surface area contributed by atoms with Gasteiger partial charge in [0.15, 0.2) is 23.3 Å². The zero-order valence-electron chi connectivity index (χ0n) is 62.1. The zero-order chi connectivity index (χ0) is 71.1. The van der Waals surface area contributed by atoms with E-state index in [0.29, 0.717) is 68.9 Å². The normalized spacial score (nSPS) is 11.7. The molecule has 2 aliphatic heterocycles. The highest BCUT2D eigenvalue weighted by atomic mass is 16.5. The van der Waals surface area contributed by atoms with E-state index in [0.717, 1.165) is 92.5 Å². The summed E-state index contributed by atoms with van der Waals surface area (Å²) in [6, 6.07) is 58.4. The van der Waals surface area contributed by atoms with Crippen LogP contribution in [0.2, 0.25) is 0 Å². The molecular weight excluding hydrogens is 1280 g/mol. The highest BCUT2D eigenvalue weighted by molar-refractivity contribution is 6.07. The standard InChI is InChI=1S/C92H106N8O4/c1-5-9-13-17-21-25-29-33-65-37-45-69(46-38-65)101-73-53-57-77-81(61-73)89-94-85(77)93-86-78-58-54-75(103-71-49-41-67(42-50-71)35-31-27-23-19-15-11-7-3)63-83(78)91(95-86)100-92-84-64-76(104-72-51-43-68(44-52-72)36-32-28-24-20-16-12-8-4)56-60-80(84)88(99-92)98-90-82-62-74(55-59-79(82)87(96-89)97-90)102-70-47-39-66(40-48-70)34-30-26-22-18-14-10-6-2/h37-64H,5-36H2,1-4H3,(H2,93,94,95,96,97,98,99,100). The lowest BCUT2D eigenvalue weighted by atomic mass is 10.0. The van der Waals surface area contributed by atoms with Crippen LogP contribution in [0.1, 0.15) is 230 Å². The van der Waals surface area contributed by atoms with Gasteiger partial charge in [0, 0.05) is 43.8 Å². The van der Waals surface area contributed by atoms with Crippen LogP contribution in [0.3, 0.4) is 0 Å². The molecule has 104 heavy (non-hydrogen) atoms. The van der Waals surface area contributed by atoms with Crippen molar-refractivity contribution in [3.05, 3.63) is 192 Å². The van der Waals surface area contributed by atoms with Gasteiger partial charge in [-0.25, -0.2) is 29.9 Å². The van der Waals surface area contributed by atoms with E-state index in [1.165, 1.54) is 202 Å². The number of rotatable bonds is 40. The Kier molecular flexibility index (Phi) is 26.0. The van der Waals surface area contributed by atoms with Gasteiger partial charge in [-0.3, -0.25) is 0 Å². The predicted octanol–water partition coefficient (Wildman–Crippen LogP) is 27.2. The average molecular weight is 1390 g/mol. The number of unbranched alkanes of at least 4 members (excludes halogenated alkanes) is 24. The maximum atomic E-state index is 6.70. The second-order valence-corrected chi connectivity index (χ2v) is 28.9. The number of fused-ring (bicyclic) bond motifs is 20. The molecule has 0 amide bonds. The van der Waals surface area contributed by atoms with Crippen molar-refractivity contribution in [1.82, 2.24) is 39.9 Å². The summed E-state index contributed by atoms with van der Waals surface area (Å²) in [5.41, 5.74) is 10.6. The quantitative estimate of drug-likeness (QED) is 0.0356. The minimum Gasteiger partial charge on any atom is -0.457 e. The molecule has 0 saturated heterocycles. The van der Waals surface area contributed by atoms with Crippen LogP contribution in [0.25, 0.3) is 89.7 Å². The van der Waals surface area contributed by atoms with E-state index >= 15 is 0 Å². The number of aromatic nitrogens is 8. The van der Waals surface area contributed by atoms with Crippen LogP contribution in [0.4, 0.5) is 0 Å². The summed E-state index contributed by atoms with van der Waals surface area (Å²) < 4.78 is 26.8. The molecule has 0 saturated carbocycles. The summed E-state index contributed by atoms with van der Waals surface area (Å²) >= 11 is 0. The maximum absolute atomic E-state index is 6.70. The Morgan fingerprint density at radius 2 is 0.442 bits per heavy atom. The van der Waals surface area contributed by atoms with E-state index in [9.17, 15) is 0 Å². The summed E-state index contributed by atoms with van der Waals surface area (Å²) in [5, 5.41) is 3.24. The highest BCUT2D eigenvalue weighted by Crippen LogP contribution is 2.42. The van der Waals surface area contributed by atoms with Crippen molar-refractivity contribution < 1.29 is 18.9 Å². The van der Waals surface area contributed by atoms with Gasteiger partial charge in [-0.05, 0) is 195 Å². The van der Waals surface area contributed by atoms with Gasteiger partial charge in [-0.2, -0.15) is 0 Å². The van der Waals surface area contributed by atoms with Crippen molar-refractivity contribution in [2.75, 3.05) is 0 Å². The summed E-state index contributed by atoms with van der Waals surface area (Å²) in [6.45, 7) is 9.09. The Hall–Kier alpha value is -9.68. The van der Waals surface area contributed by atoms with E-state index < -0.39 is 0 Å². The molecule has 2 N–H and O–H groups in total. The van der Waals surface area contributed by atoms with E-state index in [1.54, 1.807) is 0 Å². The van der Waals surface area contributed by atoms with Crippen LogP contribution in [-0.2, 0) is 25.7 Å². The lowest BCUT2D eigenvalue weighted by molar-refractivity contribution is 0.482. The summed E-state index contributed by atoms with van der Waals surface area (Å²) in [4.78, 5) is 39.8. The van der Waals surface area contributed by atoms with Gasteiger partial charge in [-0.15, -0.1) is 0 Å². The monoisotopic (exact) mass is 1390 g/mol. The molecular formula is C92H106N8O4. The van der Waals surface area contributed by atoms with E-state index in [1.807, 2.05) is 72.8 Å². The zero-order valence-corrected chi connectivity index (χ0v) is 62.1. The smallest absolute Gasteiger partial charge is 0.164 e. The first-order chi connectivity index (χ1) is 51.3. The number of aryl methyl sites for hydroxylation is 4. The SMILES string of the molecule is CCCCCCCCCc1ccc(Oc2ccc3c(c2)-c2nc-3nc3[nH]c(nc4nc(nc5[nH]c(n2)c2ccc(Oc6ccc(CCCCCCCCC)cc6)cc52)-c2cc(Oc5ccc(CCCCCCCCC)cc5)ccc2-4)c2ccc(Oc4ccc(CCCCCCCCC)cc4)cc32)cc1. The second-order valence-electron chi connectivity index (χ2n) is 28.9. The van der Waals surface area contributed by atoms with Gasteiger partial charge in [0.1, 0.15) is 68.6 Å². The fourth-order valence-corrected chi connectivity index (χ4v) is 14.6. The number of nitrogens with one attached hydrogen (secondary N) is 2. The van der Waals surface area contributed by atoms with Crippen molar-refractivity contribution in [2.45, 2.75) is 233 Å². The van der Waals surface area contributed by atoms with Gasteiger partial charge in [0.25, 0.3) is 0 Å². The van der Waals surface area contributed by atoms with Gasteiger partial charge >= 0.3 is 0 Å². The first-order valence-electron chi connectivity index (χ1n) is 39.8. The molecule has 0 aliphatic carbocycles. The highest BCUT2D eigenvalue weighted by Gasteiger charge is 2.25. The average Bonchev–Trinajstić information content (AvgIpc) is 1.60. The number of aromatic amines is 2. The lowest BCUT2D eigenvalue weighted by Gasteiger charge is -2.09. The van der Waals surface area contributed by atoms with Crippen LogP contribution < -0.4 is 18.9 Å². The lowest BCUT2D eigenvalue weighted by Crippen LogP contribution is -1.89. The van der Waals surface area contributed by atoms with Crippen LogP contribution in [-0.4, -0.2) is 39.9 Å². The molecule has 0 fully saturated rings. The van der Waals surface area contributed by atoms with Crippen LogP contribution in [0.5, 0.6) is 46.0 Å². The Morgan fingerprint density at radius 3 is 0.731 bits per heavy atom. The topological polar surface area (TPSA) is 146 Å². The molecule has 5 heterocycles. The third-order valence-corrected chi connectivity index (χ3v) is 20.6. The molecule has 11 aromatic rings. The minimum absolute atomic E-state index is 0.454. The van der Waals surface area contributed by atoms with Crippen LogP contribution in [0, 0.1) is 0 Å². The van der Waals surface area contributed by atoms with Gasteiger partial charge < -0.3 is 28.9 Å². The van der Waals surface area contributed by atoms with Crippen molar-refractivity contribution in [2.24, 2.45) is 0 Å². The van der Waals surface area contributed by atoms with E-state index in [-0.39, 0.29) is 0 Å². The van der Waals surface area contributed by atoms with E-state index in [4.69, 9.17) is 48.9 Å². The number of H-pyrrole nitrogens is 2. The van der Waals surface area contributed by atoms with Gasteiger partial charge in [0.2, 0.25) is 0 Å². The number of nitrogens with zero attached hydrogens (tertiary/aromatic N) is 6. The molecule has 0 atom stereocenters. The predicted molar refractivity (Wildman–Crippen MR) is 429 cm³/mol. The molecule has 0 unspecified atom stereocenters. The largest absolute Gasteiger partial charge is 0.457 e. The minimum atomic E-state index is 0.454. The van der Waals surface area contributed by atoms with Gasteiger partial charge in [0.05, 0.1) is 0 Å². The molecule has 0 radical (unpaired) electrons. The summed E-state index contributed by atoms with van der Waals surface area (Å²) in [7, 11) is 0. The molecule has 2 aliphatic rings. The molecule has 13 rings (SSSR count). The summed E-state index contributed by atoms with van der Waals surface area (Å²) in [6.07, 6.45) is 40.2. The van der Waals surface area contributed by atoms with Crippen LogP contribution in [0.15, 0.2) is 170 Å². The maximum Gasteiger partial charge on any atom is 0.164 e. The van der Waals surface area contributed by atoms with Crippen molar-refractivity contribution in [3.63, 3.8) is 0 Å². The number of hydrogen-bond donors (Lipinski definition) is 2. The Balaban J connectivity index is 0.884. The summed E-state index contributed by atoms with van der Waals surface area (Å²) in [5.74, 6) is 7.52. The molecule has 8 aromatic carbocycles. The van der Waals surface area contributed by atoms with Crippen molar-refractivity contribution in [1.29, 1.82) is 0 Å². The number of ether oxygens (including phenoxy) is 4. The van der Waals surface area contributed by atoms with E-state index in [2.05, 4.69) is 135 Å². The van der Waals surface area contributed by atoms with Crippen molar-refractivity contribution >= 4 is 44.1 Å². The third kappa shape index (κ3) is 19.6. The Labute approximate surface area is 616 Å². The fourth-order valence-electron chi connectivity index (χ4n) is 14.6. The molecule has 8 bridgehead atoms. The second kappa shape index (κ2) is 37.2. The third-order valence-electron chi connectivity index (χ3n) is 20.6. The molecule has 3 aromatic heterocycles. The fraction of sp³-hybridized carbons (Fsp3) is 0.391. The first kappa shape index (κ1) is 72.7. The Bertz CT molecular complexity index is 4750. The Morgan fingerprint density at radius 1 is 0.212 bits per heavy atom. The molecule has 0 spiro atoms. The molecule has 12 heteroatoms. The molecule has 538 valence electrons. The number of hydrogen-bond acceptors (Lipinski definition) is 10. The van der Waals surface area contributed by atoms with Crippen molar-refractivity contribution in [3.8, 4) is 91.5 Å². The molecule has 12 nitrogen and oxygen atoms in total. The van der Waals surface area contributed by atoms with Crippen LogP contribution >= 0.6 is 0 Å². The van der Waals surface area contributed by atoms with Gasteiger partial charge in [-0.1, -0.05) is 230 Å².